The second-order valence-corrected chi connectivity index (χ2v) is 7.18. The van der Waals surface area contributed by atoms with Crippen molar-refractivity contribution in [1.29, 1.82) is 0 Å². The third-order valence-electron chi connectivity index (χ3n) is 4.45. The van der Waals surface area contributed by atoms with E-state index in [1.54, 1.807) is 0 Å². The summed E-state index contributed by atoms with van der Waals surface area (Å²) in [6.45, 7) is 6.94. The van der Waals surface area contributed by atoms with E-state index in [4.69, 9.17) is 0 Å². The van der Waals surface area contributed by atoms with Gasteiger partial charge in [0.25, 0.3) is 0 Å². The first kappa shape index (κ1) is 14.8. The fourth-order valence-electron chi connectivity index (χ4n) is 3.01. The monoisotopic (exact) mass is 324 g/mol. The standard InChI is InChI=1S/C16H25BrN2/c1-12-9-13(10-17)11-18-15(12)19(4)14-5-7-16(2,3)8-6-14/h9,11,14H,5-8,10H2,1-4H3. The minimum atomic E-state index is 0.527. The molecule has 0 aromatic carbocycles. The molecule has 106 valence electrons. The van der Waals surface area contributed by atoms with Crippen LogP contribution in [0.5, 0.6) is 0 Å². The van der Waals surface area contributed by atoms with E-state index in [1.165, 1.54) is 36.8 Å². The number of pyridine rings is 1. The van der Waals surface area contributed by atoms with E-state index in [9.17, 15) is 0 Å². The zero-order valence-corrected chi connectivity index (χ0v) is 14.1. The number of alkyl halides is 1. The summed E-state index contributed by atoms with van der Waals surface area (Å²) in [5.41, 5.74) is 3.06. The Labute approximate surface area is 125 Å². The molecule has 0 atom stereocenters. The summed E-state index contributed by atoms with van der Waals surface area (Å²) in [7, 11) is 2.20. The highest BCUT2D eigenvalue weighted by Gasteiger charge is 2.29. The molecule has 19 heavy (non-hydrogen) atoms. The van der Waals surface area contributed by atoms with Crippen LogP contribution in [0.15, 0.2) is 12.3 Å². The van der Waals surface area contributed by atoms with Crippen molar-refractivity contribution >= 4 is 21.7 Å². The molecule has 1 aliphatic rings. The van der Waals surface area contributed by atoms with Gasteiger partial charge in [0.15, 0.2) is 0 Å². The van der Waals surface area contributed by atoms with Crippen molar-refractivity contribution in [1.82, 2.24) is 4.98 Å². The third kappa shape index (κ3) is 3.50. The number of hydrogen-bond acceptors (Lipinski definition) is 2. The number of aromatic nitrogens is 1. The Kier molecular flexibility index (Phi) is 4.54. The van der Waals surface area contributed by atoms with Crippen LogP contribution in [0.3, 0.4) is 0 Å². The van der Waals surface area contributed by atoms with Gasteiger partial charge in [-0.25, -0.2) is 4.98 Å². The second-order valence-electron chi connectivity index (χ2n) is 6.62. The molecule has 0 aliphatic heterocycles. The Bertz CT molecular complexity index is 432. The van der Waals surface area contributed by atoms with E-state index in [0.717, 1.165) is 11.1 Å². The summed E-state index contributed by atoms with van der Waals surface area (Å²) >= 11 is 3.49. The fraction of sp³-hybridized carbons (Fsp3) is 0.688. The lowest BCUT2D eigenvalue weighted by molar-refractivity contribution is 0.222. The predicted molar refractivity (Wildman–Crippen MR) is 86.0 cm³/mol. The maximum atomic E-state index is 4.66. The molecule has 3 heteroatoms. The number of aryl methyl sites for hydroxylation is 1. The summed E-state index contributed by atoms with van der Waals surface area (Å²) in [4.78, 5) is 7.05. The highest BCUT2D eigenvalue weighted by Crippen LogP contribution is 2.37. The molecule has 1 fully saturated rings. The van der Waals surface area contributed by atoms with Gasteiger partial charge in [-0.2, -0.15) is 0 Å². The van der Waals surface area contributed by atoms with E-state index in [2.05, 4.69) is 59.7 Å². The van der Waals surface area contributed by atoms with Gasteiger partial charge < -0.3 is 4.90 Å². The van der Waals surface area contributed by atoms with Crippen LogP contribution in [-0.4, -0.2) is 18.1 Å². The van der Waals surface area contributed by atoms with Gasteiger partial charge in [0, 0.05) is 24.6 Å². The normalized spacial score (nSPS) is 19.4. The smallest absolute Gasteiger partial charge is 0.131 e. The Balaban J connectivity index is 2.10. The van der Waals surface area contributed by atoms with Crippen molar-refractivity contribution < 1.29 is 0 Å². The summed E-state index contributed by atoms with van der Waals surface area (Å²) < 4.78 is 0. The number of nitrogens with zero attached hydrogens (tertiary/aromatic N) is 2. The molecule has 0 spiro atoms. The van der Waals surface area contributed by atoms with Crippen molar-refractivity contribution in [3.05, 3.63) is 23.4 Å². The molecule has 2 nitrogen and oxygen atoms in total. The first-order chi connectivity index (χ1) is 8.93. The molecule has 0 saturated heterocycles. The molecule has 0 N–H and O–H groups in total. The summed E-state index contributed by atoms with van der Waals surface area (Å²) in [6, 6.07) is 2.88. The van der Waals surface area contributed by atoms with Crippen molar-refractivity contribution in [3.63, 3.8) is 0 Å². The van der Waals surface area contributed by atoms with Gasteiger partial charge in [-0.05, 0) is 49.1 Å². The Morgan fingerprint density at radius 1 is 1.37 bits per heavy atom. The quantitative estimate of drug-likeness (QED) is 0.750. The molecule has 1 aromatic heterocycles. The van der Waals surface area contributed by atoms with E-state index in [-0.39, 0.29) is 0 Å². The van der Waals surface area contributed by atoms with Crippen LogP contribution >= 0.6 is 15.9 Å². The highest BCUT2D eigenvalue weighted by molar-refractivity contribution is 9.08. The van der Waals surface area contributed by atoms with Crippen LogP contribution in [0.4, 0.5) is 5.82 Å². The van der Waals surface area contributed by atoms with Crippen LogP contribution in [0.25, 0.3) is 0 Å². The van der Waals surface area contributed by atoms with E-state index >= 15 is 0 Å². The third-order valence-corrected chi connectivity index (χ3v) is 5.10. The van der Waals surface area contributed by atoms with Gasteiger partial charge in [-0.1, -0.05) is 35.8 Å². The van der Waals surface area contributed by atoms with E-state index < -0.39 is 0 Å². The maximum absolute atomic E-state index is 4.66. The molecule has 0 amide bonds. The molecule has 0 unspecified atom stereocenters. The molecule has 1 saturated carbocycles. The number of hydrogen-bond donors (Lipinski definition) is 0. The largest absolute Gasteiger partial charge is 0.356 e. The van der Waals surface area contributed by atoms with Gasteiger partial charge in [-0.15, -0.1) is 0 Å². The second kappa shape index (κ2) is 5.82. The van der Waals surface area contributed by atoms with Gasteiger partial charge in [0.2, 0.25) is 0 Å². The molecule has 1 aliphatic carbocycles. The Hall–Kier alpha value is -0.570. The van der Waals surface area contributed by atoms with Crippen molar-refractivity contribution in [3.8, 4) is 0 Å². The minimum absolute atomic E-state index is 0.527. The van der Waals surface area contributed by atoms with Gasteiger partial charge in [-0.3, -0.25) is 0 Å². The lowest BCUT2D eigenvalue weighted by Crippen LogP contribution is -2.38. The summed E-state index contributed by atoms with van der Waals surface area (Å²) in [5.74, 6) is 1.15. The Morgan fingerprint density at radius 3 is 2.53 bits per heavy atom. The minimum Gasteiger partial charge on any atom is -0.356 e. The lowest BCUT2D eigenvalue weighted by Gasteiger charge is -2.39. The topological polar surface area (TPSA) is 16.1 Å². The lowest BCUT2D eigenvalue weighted by atomic mass is 9.75. The predicted octanol–water partition coefficient (Wildman–Crippen LogP) is 4.69. The van der Waals surface area contributed by atoms with Crippen LogP contribution < -0.4 is 4.90 Å². The first-order valence-electron chi connectivity index (χ1n) is 7.17. The van der Waals surface area contributed by atoms with E-state index in [1.807, 2.05) is 6.20 Å². The van der Waals surface area contributed by atoms with Crippen molar-refractivity contribution in [2.24, 2.45) is 5.41 Å². The summed E-state index contributed by atoms with van der Waals surface area (Å²) in [5, 5.41) is 0.877. The van der Waals surface area contributed by atoms with Crippen molar-refractivity contribution in [2.45, 2.75) is 57.8 Å². The fourth-order valence-corrected chi connectivity index (χ4v) is 3.32. The van der Waals surface area contributed by atoms with Crippen LogP contribution in [0, 0.1) is 12.3 Å². The van der Waals surface area contributed by atoms with Gasteiger partial charge in [0.1, 0.15) is 5.82 Å². The highest BCUT2D eigenvalue weighted by atomic mass is 79.9. The van der Waals surface area contributed by atoms with Crippen molar-refractivity contribution in [2.75, 3.05) is 11.9 Å². The SMILES string of the molecule is Cc1cc(CBr)cnc1N(C)C1CCC(C)(C)CC1. The van der Waals surface area contributed by atoms with Crippen LogP contribution in [0.1, 0.15) is 50.7 Å². The van der Waals surface area contributed by atoms with Crippen LogP contribution in [0.2, 0.25) is 0 Å². The molecule has 1 heterocycles. The molecule has 0 radical (unpaired) electrons. The summed E-state index contributed by atoms with van der Waals surface area (Å²) in [6.07, 6.45) is 7.19. The first-order valence-corrected chi connectivity index (χ1v) is 8.29. The number of anilines is 1. The zero-order chi connectivity index (χ0) is 14.0. The van der Waals surface area contributed by atoms with E-state index in [0.29, 0.717) is 11.5 Å². The molecular formula is C16H25BrN2. The molecule has 2 rings (SSSR count). The van der Waals surface area contributed by atoms with Crippen LogP contribution in [-0.2, 0) is 5.33 Å². The zero-order valence-electron chi connectivity index (χ0n) is 12.5. The molecule has 0 bridgehead atoms. The van der Waals surface area contributed by atoms with Gasteiger partial charge in [0.05, 0.1) is 0 Å². The molecule has 1 aromatic rings. The molecular weight excluding hydrogens is 300 g/mol. The van der Waals surface area contributed by atoms with Gasteiger partial charge >= 0.3 is 0 Å². The maximum Gasteiger partial charge on any atom is 0.131 e. The average molecular weight is 325 g/mol. The average Bonchev–Trinajstić information content (AvgIpc) is 2.37. The number of rotatable bonds is 3. The Morgan fingerprint density at radius 2 is 2.00 bits per heavy atom. The number of halogens is 1.